The number of fused-ring (bicyclic) bond motifs is 1. The van der Waals surface area contributed by atoms with E-state index in [1.165, 1.54) is 26.2 Å². The molecule has 0 aliphatic carbocycles. The van der Waals surface area contributed by atoms with Crippen molar-refractivity contribution in [3.8, 4) is 28.5 Å². The number of halogens is 2. The first-order valence-corrected chi connectivity index (χ1v) is 10.6. The van der Waals surface area contributed by atoms with Crippen molar-refractivity contribution >= 4 is 58.1 Å². The van der Waals surface area contributed by atoms with Crippen molar-refractivity contribution in [3.63, 3.8) is 0 Å². The van der Waals surface area contributed by atoms with Crippen LogP contribution in [0.4, 0.5) is 11.8 Å². The number of hydrogen-bond acceptors (Lipinski definition) is 10. The van der Waals surface area contributed by atoms with E-state index in [2.05, 4.69) is 20.0 Å². The summed E-state index contributed by atoms with van der Waals surface area (Å²) in [6.07, 6.45) is 3.56. The SMILES string of the molecule is COc1cc(OC)c(OCl)c(-c2cc3cnc(N)nc3c(NCCNSC)n2)c1Cl. The molecule has 0 amide bonds. The highest BCUT2D eigenvalue weighted by Crippen LogP contribution is 2.48. The van der Waals surface area contributed by atoms with E-state index in [-0.39, 0.29) is 16.7 Å². The Bertz CT molecular complexity index is 1060. The van der Waals surface area contributed by atoms with Crippen molar-refractivity contribution in [3.05, 3.63) is 23.4 Å². The Morgan fingerprint density at radius 1 is 1.13 bits per heavy atom. The molecule has 3 rings (SSSR count). The molecule has 0 aliphatic heterocycles. The van der Waals surface area contributed by atoms with Gasteiger partial charge in [-0.1, -0.05) is 23.5 Å². The van der Waals surface area contributed by atoms with Crippen molar-refractivity contribution in [2.45, 2.75) is 0 Å². The predicted molar refractivity (Wildman–Crippen MR) is 122 cm³/mol. The maximum Gasteiger partial charge on any atom is 0.220 e. The molecule has 0 atom stereocenters. The Morgan fingerprint density at radius 3 is 2.57 bits per heavy atom. The third kappa shape index (κ3) is 4.51. The first kappa shape index (κ1) is 22.3. The summed E-state index contributed by atoms with van der Waals surface area (Å²) < 4.78 is 19.0. The lowest BCUT2D eigenvalue weighted by molar-refractivity contribution is 0.383. The molecule has 0 radical (unpaired) electrons. The highest BCUT2D eigenvalue weighted by molar-refractivity contribution is 7.96. The van der Waals surface area contributed by atoms with Gasteiger partial charge in [-0.05, 0) is 12.3 Å². The second kappa shape index (κ2) is 10.1. The number of nitrogens with zero attached hydrogens (tertiary/aromatic N) is 3. The van der Waals surface area contributed by atoms with Crippen LogP contribution in [0.5, 0.6) is 17.2 Å². The number of methoxy groups -OCH3 is 2. The van der Waals surface area contributed by atoms with E-state index in [0.29, 0.717) is 52.6 Å². The van der Waals surface area contributed by atoms with Crippen LogP contribution in [0, 0.1) is 0 Å². The third-order valence-corrected chi connectivity index (χ3v) is 5.19. The first-order chi connectivity index (χ1) is 14.5. The van der Waals surface area contributed by atoms with E-state index in [1.807, 2.05) is 6.26 Å². The second-order valence-corrected chi connectivity index (χ2v) is 7.15. The molecule has 30 heavy (non-hydrogen) atoms. The van der Waals surface area contributed by atoms with E-state index < -0.39 is 0 Å². The van der Waals surface area contributed by atoms with Gasteiger partial charge in [-0.25, -0.2) is 15.0 Å². The second-order valence-electron chi connectivity index (χ2n) is 5.92. The molecule has 12 heteroatoms. The molecule has 3 aromatic rings. The molecule has 0 bridgehead atoms. The van der Waals surface area contributed by atoms with Crippen LogP contribution in [-0.2, 0) is 0 Å². The lowest BCUT2D eigenvalue weighted by Crippen LogP contribution is -2.17. The molecule has 0 aliphatic rings. The first-order valence-electron chi connectivity index (χ1n) is 8.70. The Labute approximate surface area is 187 Å². The van der Waals surface area contributed by atoms with Crippen molar-refractivity contribution < 1.29 is 13.8 Å². The fourth-order valence-electron chi connectivity index (χ4n) is 2.84. The smallest absolute Gasteiger partial charge is 0.220 e. The van der Waals surface area contributed by atoms with Gasteiger partial charge in [-0.3, -0.25) is 4.72 Å². The topological polar surface area (TPSA) is 116 Å². The molecular formula is C18H20Cl2N6O3S. The maximum atomic E-state index is 6.59. The fraction of sp³-hybridized carbons (Fsp3) is 0.278. The van der Waals surface area contributed by atoms with Gasteiger partial charge >= 0.3 is 0 Å². The number of ether oxygens (including phenoxy) is 2. The van der Waals surface area contributed by atoms with Crippen LogP contribution in [0.15, 0.2) is 18.3 Å². The van der Waals surface area contributed by atoms with Crippen LogP contribution in [0.3, 0.4) is 0 Å². The van der Waals surface area contributed by atoms with Gasteiger partial charge in [-0.15, -0.1) is 0 Å². The Morgan fingerprint density at radius 2 is 1.90 bits per heavy atom. The van der Waals surface area contributed by atoms with Crippen molar-refractivity contribution in [1.29, 1.82) is 0 Å². The van der Waals surface area contributed by atoms with Crippen LogP contribution in [0.2, 0.25) is 5.02 Å². The fourth-order valence-corrected chi connectivity index (χ4v) is 3.61. The number of aromatic nitrogens is 3. The summed E-state index contributed by atoms with van der Waals surface area (Å²) in [6, 6.07) is 3.35. The van der Waals surface area contributed by atoms with Gasteiger partial charge in [0, 0.05) is 30.7 Å². The van der Waals surface area contributed by atoms with Gasteiger partial charge in [0.1, 0.15) is 23.1 Å². The predicted octanol–water partition coefficient (Wildman–Crippen LogP) is 3.76. The number of rotatable bonds is 9. The van der Waals surface area contributed by atoms with Gasteiger partial charge < -0.3 is 24.8 Å². The van der Waals surface area contributed by atoms with Gasteiger partial charge in [0.15, 0.2) is 17.3 Å². The number of nitrogens with two attached hydrogens (primary N) is 1. The molecule has 160 valence electrons. The summed E-state index contributed by atoms with van der Waals surface area (Å²) in [5.74, 6) is 1.60. The van der Waals surface area contributed by atoms with Gasteiger partial charge in [-0.2, -0.15) is 0 Å². The summed E-state index contributed by atoms with van der Waals surface area (Å²) in [4.78, 5) is 13.1. The van der Waals surface area contributed by atoms with E-state index >= 15 is 0 Å². The third-order valence-electron chi connectivity index (χ3n) is 4.17. The van der Waals surface area contributed by atoms with Crippen molar-refractivity contribution in [1.82, 2.24) is 19.7 Å². The van der Waals surface area contributed by atoms with Crippen molar-refractivity contribution in [2.75, 3.05) is 44.6 Å². The van der Waals surface area contributed by atoms with Crippen LogP contribution in [0.1, 0.15) is 0 Å². The number of benzene rings is 1. The minimum atomic E-state index is 0.146. The Balaban J connectivity index is 2.22. The normalized spacial score (nSPS) is 10.8. The van der Waals surface area contributed by atoms with E-state index in [0.717, 1.165) is 0 Å². The Kier molecular flexibility index (Phi) is 7.48. The van der Waals surface area contributed by atoms with E-state index in [4.69, 9.17) is 47.9 Å². The monoisotopic (exact) mass is 470 g/mol. The summed E-state index contributed by atoms with van der Waals surface area (Å²) in [5, 5.41) is 4.23. The molecule has 0 spiro atoms. The molecule has 2 aromatic heterocycles. The van der Waals surface area contributed by atoms with Crippen LogP contribution < -0.4 is 29.5 Å². The quantitative estimate of drug-likeness (QED) is 0.315. The molecular weight excluding hydrogens is 451 g/mol. The van der Waals surface area contributed by atoms with Crippen LogP contribution >= 0.6 is 35.4 Å². The van der Waals surface area contributed by atoms with E-state index in [1.54, 1.807) is 18.3 Å². The molecule has 1 aromatic carbocycles. The zero-order chi connectivity index (χ0) is 21.7. The average Bonchev–Trinajstić information content (AvgIpc) is 2.76. The number of hydrogen-bond donors (Lipinski definition) is 3. The van der Waals surface area contributed by atoms with Gasteiger partial charge in [0.25, 0.3) is 0 Å². The summed E-state index contributed by atoms with van der Waals surface area (Å²) in [5.41, 5.74) is 7.23. The molecule has 0 saturated heterocycles. The van der Waals surface area contributed by atoms with Gasteiger partial charge in [0.2, 0.25) is 5.95 Å². The summed E-state index contributed by atoms with van der Waals surface area (Å²) in [7, 11) is 2.99. The lowest BCUT2D eigenvalue weighted by Gasteiger charge is -2.17. The molecule has 0 unspecified atom stereocenters. The maximum absolute atomic E-state index is 6.59. The number of pyridine rings is 1. The standard InChI is InChI=1S/C18H20Cl2N6O3S/c1-27-11-7-12(28-2)16(29-20)13(14(11)19)10-6-9-8-23-18(21)26-15(9)17(25-10)22-4-5-24-30-3/h6-8,24H,4-5H2,1-3H3,(H,22,25)(H2,21,23,26). The zero-order valence-electron chi connectivity index (χ0n) is 16.5. The highest BCUT2D eigenvalue weighted by Gasteiger charge is 2.24. The Hall–Kier alpha value is -2.40. The number of anilines is 2. The molecule has 0 saturated carbocycles. The highest BCUT2D eigenvalue weighted by atomic mass is 35.5. The van der Waals surface area contributed by atoms with Crippen LogP contribution in [0.25, 0.3) is 22.2 Å². The largest absolute Gasteiger partial charge is 0.495 e. The molecule has 9 nitrogen and oxygen atoms in total. The zero-order valence-corrected chi connectivity index (χ0v) is 18.8. The summed E-state index contributed by atoms with van der Waals surface area (Å²) in [6.45, 7) is 1.31. The molecule has 2 heterocycles. The van der Waals surface area contributed by atoms with Crippen molar-refractivity contribution in [2.24, 2.45) is 0 Å². The van der Waals surface area contributed by atoms with Gasteiger partial charge in [0.05, 0.1) is 30.5 Å². The molecule has 0 fully saturated rings. The minimum Gasteiger partial charge on any atom is -0.495 e. The molecule has 4 N–H and O–H groups in total. The van der Waals surface area contributed by atoms with Crippen LogP contribution in [-0.4, -0.2) is 48.5 Å². The minimum absolute atomic E-state index is 0.146. The average molecular weight is 471 g/mol. The lowest BCUT2D eigenvalue weighted by atomic mass is 10.1. The number of nitrogens with one attached hydrogen (secondary N) is 2. The van der Waals surface area contributed by atoms with E-state index in [9.17, 15) is 0 Å². The number of nitrogen functional groups attached to an aromatic ring is 1. The summed E-state index contributed by atoms with van der Waals surface area (Å²) >= 11 is 13.9.